The van der Waals surface area contributed by atoms with Crippen molar-refractivity contribution in [2.24, 2.45) is 11.5 Å². The first-order chi connectivity index (χ1) is 6.63. The third-order valence-electron chi connectivity index (χ3n) is 2.47. The van der Waals surface area contributed by atoms with Gasteiger partial charge in [0.05, 0.1) is 12.1 Å². The molecule has 4 N–H and O–H groups in total. The number of hydrogen-bond donors (Lipinski definition) is 2. The molecule has 3 nitrogen and oxygen atoms in total. The number of unbranched alkanes of at least 4 members (excludes halogenated alkanes) is 2. The molecule has 0 bridgehead atoms. The topological polar surface area (TPSA) is 69.1 Å². The lowest BCUT2D eigenvalue weighted by Gasteiger charge is -2.15. The molecule has 0 aliphatic heterocycles. The molecule has 3 heteroatoms. The van der Waals surface area contributed by atoms with Crippen LogP contribution in [0.15, 0.2) is 0 Å². The van der Waals surface area contributed by atoms with Crippen LogP contribution in [0.4, 0.5) is 0 Å². The molecule has 14 heavy (non-hydrogen) atoms. The van der Waals surface area contributed by atoms with Crippen LogP contribution in [0.25, 0.3) is 0 Å². The van der Waals surface area contributed by atoms with Crippen LogP contribution in [0, 0.1) is 0 Å². The van der Waals surface area contributed by atoms with Crippen molar-refractivity contribution in [3.05, 3.63) is 0 Å². The van der Waals surface area contributed by atoms with Gasteiger partial charge < -0.3 is 11.5 Å². The van der Waals surface area contributed by atoms with E-state index in [-0.39, 0.29) is 17.9 Å². The zero-order valence-electron chi connectivity index (χ0n) is 9.46. The minimum absolute atomic E-state index is 0.0342. The number of nitrogens with two attached hydrogens (primary N) is 2. The SMILES string of the molecule is CCCCC(N)C(=O)C(N)CCCC. The molecular weight excluding hydrogens is 176 g/mol. The summed E-state index contributed by atoms with van der Waals surface area (Å²) < 4.78 is 0. The monoisotopic (exact) mass is 200 g/mol. The first kappa shape index (κ1) is 13.6. The van der Waals surface area contributed by atoms with Crippen LogP contribution >= 0.6 is 0 Å². The van der Waals surface area contributed by atoms with E-state index in [4.69, 9.17) is 11.5 Å². The molecule has 84 valence electrons. The predicted molar refractivity (Wildman–Crippen MR) is 60.0 cm³/mol. The van der Waals surface area contributed by atoms with Crippen molar-refractivity contribution >= 4 is 5.78 Å². The highest BCUT2D eigenvalue weighted by atomic mass is 16.1. The van der Waals surface area contributed by atoms with Crippen LogP contribution in [-0.2, 0) is 4.79 Å². The molecule has 0 fully saturated rings. The second-order valence-electron chi connectivity index (χ2n) is 3.90. The van der Waals surface area contributed by atoms with Crippen molar-refractivity contribution in [1.82, 2.24) is 0 Å². The van der Waals surface area contributed by atoms with Gasteiger partial charge in [0.1, 0.15) is 0 Å². The quantitative estimate of drug-likeness (QED) is 0.625. The van der Waals surface area contributed by atoms with Crippen molar-refractivity contribution in [3.8, 4) is 0 Å². The van der Waals surface area contributed by atoms with Crippen LogP contribution in [0.2, 0.25) is 0 Å². The molecule has 2 unspecified atom stereocenters. The van der Waals surface area contributed by atoms with Gasteiger partial charge in [-0.05, 0) is 12.8 Å². The summed E-state index contributed by atoms with van der Waals surface area (Å²) in [6.07, 6.45) is 5.71. The minimum Gasteiger partial charge on any atom is -0.321 e. The van der Waals surface area contributed by atoms with E-state index in [2.05, 4.69) is 13.8 Å². The van der Waals surface area contributed by atoms with Crippen molar-refractivity contribution in [2.75, 3.05) is 0 Å². The highest BCUT2D eigenvalue weighted by Crippen LogP contribution is 2.05. The van der Waals surface area contributed by atoms with Crippen LogP contribution in [0.5, 0.6) is 0 Å². The summed E-state index contributed by atoms with van der Waals surface area (Å²) >= 11 is 0. The van der Waals surface area contributed by atoms with E-state index in [0.29, 0.717) is 0 Å². The van der Waals surface area contributed by atoms with Crippen molar-refractivity contribution in [1.29, 1.82) is 0 Å². The Hall–Kier alpha value is -0.410. The van der Waals surface area contributed by atoms with Crippen LogP contribution < -0.4 is 11.5 Å². The Morgan fingerprint density at radius 3 is 1.64 bits per heavy atom. The zero-order valence-corrected chi connectivity index (χ0v) is 9.46. The summed E-state index contributed by atoms with van der Waals surface area (Å²) in [5, 5.41) is 0. The maximum Gasteiger partial charge on any atom is 0.166 e. The summed E-state index contributed by atoms with van der Waals surface area (Å²) in [7, 11) is 0. The Morgan fingerprint density at radius 2 is 1.36 bits per heavy atom. The third-order valence-corrected chi connectivity index (χ3v) is 2.47. The van der Waals surface area contributed by atoms with Gasteiger partial charge in [-0.2, -0.15) is 0 Å². The Kier molecular flexibility index (Phi) is 7.71. The molecule has 0 heterocycles. The summed E-state index contributed by atoms with van der Waals surface area (Å²) in [4.78, 5) is 11.6. The van der Waals surface area contributed by atoms with E-state index in [0.717, 1.165) is 38.5 Å². The first-order valence-corrected chi connectivity index (χ1v) is 5.68. The fourth-order valence-electron chi connectivity index (χ4n) is 1.41. The number of ketones is 1. The van der Waals surface area contributed by atoms with E-state index < -0.39 is 0 Å². The Balaban J connectivity index is 3.78. The second-order valence-corrected chi connectivity index (χ2v) is 3.90. The lowest BCUT2D eigenvalue weighted by Crippen LogP contribution is -2.43. The number of rotatable bonds is 8. The first-order valence-electron chi connectivity index (χ1n) is 5.68. The lowest BCUT2D eigenvalue weighted by atomic mass is 9.98. The standard InChI is InChI=1S/C11H24N2O/c1-3-5-7-9(12)11(14)10(13)8-6-4-2/h9-10H,3-8,12-13H2,1-2H3. The van der Waals surface area contributed by atoms with Crippen molar-refractivity contribution in [2.45, 2.75) is 64.5 Å². The molecule has 0 aliphatic carbocycles. The molecule has 2 atom stereocenters. The number of carbonyl (C=O) groups excluding carboxylic acids is 1. The average molecular weight is 200 g/mol. The fourth-order valence-corrected chi connectivity index (χ4v) is 1.41. The van der Waals surface area contributed by atoms with E-state index in [1.165, 1.54) is 0 Å². The Labute approximate surface area is 87.2 Å². The molecule has 0 aromatic rings. The van der Waals surface area contributed by atoms with Crippen molar-refractivity contribution < 1.29 is 4.79 Å². The molecular formula is C11H24N2O. The molecule has 0 saturated carbocycles. The lowest BCUT2D eigenvalue weighted by molar-refractivity contribution is -0.121. The summed E-state index contributed by atoms with van der Waals surface area (Å²) in [5.41, 5.74) is 11.5. The van der Waals surface area contributed by atoms with E-state index in [1.807, 2.05) is 0 Å². The van der Waals surface area contributed by atoms with E-state index in [9.17, 15) is 4.79 Å². The van der Waals surface area contributed by atoms with Crippen LogP contribution in [0.3, 0.4) is 0 Å². The van der Waals surface area contributed by atoms with Gasteiger partial charge in [0.2, 0.25) is 0 Å². The smallest absolute Gasteiger partial charge is 0.166 e. The summed E-state index contributed by atoms with van der Waals surface area (Å²) in [6.45, 7) is 4.18. The molecule has 0 rings (SSSR count). The van der Waals surface area contributed by atoms with Gasteiger partial charge in [0.25, 0.3) is 0 Å². The van der Waals surface area contributed by atoms with E-state index >= 15 is 0 Å². The maximum absolute atomic E-state index is 11.6. The van der Waals surface area contributed by atoms with Gasteiger partial charge in [-0.25, -0.2) is 0 Å². The number of Topliss-reactive ketones (excluding diaryl/α,β-unsaturated/α-hetero) is 1. The Morgan fingerprint density at radius 1 is 1.00 bits per heavy atom. The van der Waals surface area contributed by atoms with Crippen LogP contribution in [0.1, 0.15) is 52.4 Å². The number of hydrogen-bond acceptors (Lipinski definition) is 3. The highest BCUT2D eigenvalue weighted by molar-refractivity contribution is 5.88. The largest absolute Gasteiger partial charge is 0.321 e. The molecule has 0 aromatic heterocycles. The minimum atomic E-state index is -0.346. The molecule has 0 radical (unpaired) electrons. The van der Waals surface area contributed by atoms with Crippen molar-refractivity contribution in [3.63, 3.8) is 0 Å². The average Bonchev–Trinajstić information content (AvgIpc) is 2.21. The second kappa shape index (κ2) is 7.94. The maximum atomic E-state index is 11.6. The number of carbonyl (C=O) groups is 1. The van der Waals surface area contributed by atoms with Gasteiger partial charge in [-0.15, -0.1) is 0 Å². The van der Waals surface area contributed by atoms with E-state index in [1.54, 1.807) is 0 Å². The molecule has 0 saturated heterocycles. The van der Waals surface area contributed by atoms with Crippen LogP contribution in [-0.4, -0.2) is 17.9 Å². The van der Waals surface area contributed by atoms with Gasteiger partial charge in [-0.1, -0.05) is 39.5 Å². The van der Waals surface area contributed by atoms with Gasteiger partial charge in [0, 0.05) is 0 Å². The zero-order chi connectivity index (χ0) is 11.0. The Bertz CT molecular complexity index is 143. The molecule has 0 aliphatic rings. The predicted octanol–water partition coefficient (Wildman–Crippen LogP) is 1.59. The highest BCUT2D eigenvalue weighted by Gasteiger charge is 2.19. The summed E-state index contributed by atoms with van der Waals surface area (Å²) in [5.74, 6) is 0.0342. The van der Waals surface area contributed by atoms with Gasteiger partial charge in [0.15, 0.2) is 5.78 Å². The molecule has 0 spiro atoms. The normalized spacial score (nSPS) is 15.1. The molecule has 0 aromatic carbocycles. The third kappa shape index (κ3) is 5.35. The fraction of sp³-hybridized carbons (Fsp3) is 0.909. The summed E-state index contributed by atoms with van der Waals surface area (Å²) in [6, 6.07) is -0.691. The van der Waals surface area contributed by atoms with Gasteiger partial charge >= 0.3 is 0 Å². The van der Waals surface area contributed by atoms with Gasteiger partial charge in [-0.3, -0.25) is 4.79 Å². The molecule has 0 amide bonds.